The van der Waals surface area contributed by atoms with Crippen LogP contribution in [-0.4, -0.2) is 17.6 Å². The lowest BCUT2D eigenvalue weighted by molar-refractivity contribution is 0.0520. The van der Waals surface area contributed by atoms with Gasteiger partial charge in [0.05, 0.1) is 22.2 Å². The summed E-state index contributed by atoms with van der Waals surface area (Å²) in [5.41, 5.74) is 0.220. The molecule has 0 atom stereocenters. The number of aromatic amines is 1. The van der Waals surface area contributed by atoms with Crippen LogP contribution in [0.4, 0.5) is 0 Å². The first kappa shape index (κ1) is 12.9. The molecule has 0 amide bonds. The fourth-order valence-electron chi connectivity index (χ4n) is 1.56. The average Bonchev–Trinajstić information content (AvgIpc) is 2.32. The van der Waals surface area contributed by atoms with Crippen LogP contribution in [0.1, 0.15) is 17.4 Å². The van der Waals surface area contributed by atoms with Crippen LogP contribution in [0.2, 0.25) is 10.0 Å². The average molecular weight is 286 g/mol. The van der Waals surface area contributed by atoms with Gasteiger partial charge in [0.15, 0.2) is 5.43 Å². The third kappa shape index (κ3) is 2.35. The van der Waals surface area contributed by atoms with E-state index in [-0.39, 0.29) is 17.7 Å². The van der Waals surface area contributed by atoms with Gasteiger partial charge in [-0.1, -0.05) is 23.2 Å². The zero-order valence-corrected chi connectivity index (χ0v) is 10.9. The maximum absolute atomic E-state index is 11.8. The number of carbonyl (C=O) groups is 1. The van der Waals surface area contributed by atoms with Gasteiger partial charge < -0.3 is 9.72 Å². The second-order valence-electron chi connectivity index (χ2n) is 3.58. The first-order valence-electron chi connectivity index (χ1n) is 5.22. The molecule has 2 rings (SSSR count). The van der Waals surface area contributed by atoms with E-state index in [1.165, 1.54) is 18.2 Å². The fraction of sp³-hybridized carbons (Fsp3) is 0.167. The zero-order valence-electron chi connectivity index (χ0n) is 9.42. The maximum atomic E-state index is 11.8. The molecule has 0 unspecified atom stereocenters. The van der Waals surface area contributed by atoms with Crippen LogP contribution in [-0.2, 0) is 4.74 Å². The second-order valence-corrected chi connectivity index (χ2v) is 4.39. The third-order valence-corrected chi connectivity index (χ3v) is 3.09. The molecule has 0 aliphatic heterocycles. The molecule has 94 valence electrons. The number of benzene rings is 1. The van der Waals surface area contributed by atoms with Gasteiger partial charge in [0.1, 0.15) is 5.69 Å². The summed E-state index contributed by atoms with van der Waals surface area (Å²) < 4.78 is 4.82. The Bertz CT molecular complexity index is 679. The largest absolute Gasteiger partial charge is 0.461 e. The van der Waals surface area contributed by atoms with Crippen molar-refractivity contribution in [3.8, 4) is 0 Å². The summed E-state index contributed by atoms with van der Waals surface area (Å²) in [6, 6.07) is 4.15. The van der Waals surface area contributed by atoms with E-state index in [1.807, 2.05) is 0 Å². The Hall–Kier alpha value is -1.52. The summed E-state index contributed by atoms with van der Waals surface area (Å²) >= 11 is 11.7. The molecular formula is C12H9Cl2NO3. The zero-order chi connectivity index (χ0) is 13.3. The molecule has 1 aromatic heterocycles. The number of rotatable bonds is 2. The number of hydrogen-bond acceptors (Lipinski definition) is 3. The number of nitrogens with one attached hydrogen (secondary N) is 1. The number of fused-ring (bicyclic) bond motifs is 1. The third-order valence-electron chi connectivity index (χ3n) is 2.37. The number of pyridine rings is 1. The van der Waals surface area contributed by atoms with Crippen molar-refractivity contribution in [2.24, 2.45) is 0 Å². The predicted octanol–water partition coefficient (Wildman–Crippen LogP) is 3.01. The van der Waals surface area contributed by atoms with Gasteiger partial charge in [0.25, 0.3) is 0 Å². The number of carbonyl (C=O) groups excluding carboxylic acids is 1. The summed E-state index contributed by atoms with van der Waals surface area (Å²) in [6.45, 7) is 1.92. The lowest BCUT2D eigenvalue weighted by Gasteiger charge is -2.05. The van der Waals surface area contributed by atoms with Crippen LogP contribution >= 0.6 is 23.2 Å². The number of halogens is 2. The highest BCUT2D eigenvalue weighted by Gasteiger charge is 2.11. The molecule has 0 saturated carbocycles. The van der Waals surface area contributed by atoms with E-state index < -0.39 is 5.97 Å². The number of hydrogen-bond donors (Lipinski definition) is 1. The van der Waals surface area contributed by atoms with Crippen LogP contribution in [0, 0.1) is 0 Å². The molecule has 1 heterocycles. The molecular weight excluding hydrogens is 277 g/mol. The van der Waals surface area contributed by atoms with E-state index in [0.29, 0.717) is 20.9 Å². The highest BCUT2D eigenvalue weighted by atomic mass is 35.5. The number of aromatic nitrogens is 1. The summed E-state index contributed by atoms with van der Waals surface area (Å²) in [6.07, 6.45) is 0. The molecule has 6 heteroatoms. The second kappa shape index (κ2) is 5.00. The minimum absolute atomic E-state index is 0.0905. The van der Waals surface area contributed by atoms with Crippen molar-refractivity contribution in [1.29, 1.82) is 0 Å². The van der Waals surface area contributed by atoms with Crippen molar-refractivity contribution < 1.29 is 9.53 Å². The first-order chi connectivity index (χ1) is 8.52. The molecule has 0 spiro atoms. The number of H-pyrrole nitrogens is 1. The predicted molar refractivity (Wildman–Crippen MR) is 70.5 cm³/mol. The number of ether oxygens (including phenoxy) is 1. The van der Waals surface area contributed by atoms with Gasteiger partial charge in [0, 0.05) is 11.5 Å². The van der Waals surface area contributed by atoms with E-state index in [4.69, 9.17) is 27.9 Å². The summed E-state index contributed by atoms with van der Waals surface area (Å²) in [7, 11) is 0. The highest BCUT2D eigenvalue weighted by molar-refractivity contribution is 6.42. The molecule has 0 radical (unpaired) electrons. The first-order valence-corrected chi connectivity index (χ1v) is 5.97. The Labute approximate surface area is 112 Å². The van der Waals surface area contributed by atoms with Crippen molar-refractivity contribution in [2.45, 2.75) is 6.92 Å². The van der Waals surface area contributed by atoms with E-state index in [0.717, 1.165) is 0 Å². The van der Waals surface area contributed by atoms with Gasteiger partial charge in [-0.25, -0.2) is 4.79 Å². The molecule has 1 N–H and O–H groups in total. The van der Waals surface area contributed by atoms with Gasteiger partial charge in [-0.3, -0.25) is 4.79 Å². The van der Waals surface area contributed by atoms with Gasteiger partial charge in [-0.2, -0.15) is 0 Å². The van der Waals surface area contributed by atoms with Gasteiger partial charge in [0.2, 0.25) is 0 Å². The Morgan fingerprint density at radius 3 is 2.61 bits per heavy atom. The molecule has 1 aromatic carbocycles. The lowest BCUT2D eigenvalue weighted by atomic mass is 10.2. The van der Waals surface area contributed by atoms with Gasteiger partial charge in [-0.15, -0.1) is 0 Å². The van der Waals surface area contributed by atoms with Crippen LogP contribution in [0.3, 0.4) is 0 Å². The summed E-state index contributed by atoms with van der Waals surface area (Å²) in [4.78, 5) is 26.2. The molecule has 0 aliphatic carbocycles. The molecule has 2 aromatic rings. The Morgan fingerprint density at radius 1 is 1.28 bits per heavy atom. The standard InChI is InChI=1S/C12H9Cl2NO3/c1-2-18-12(17)10-5-11(16)6-3-7(13)8(14)4-9(6)15-10/h3-5H,2H2,1H3,(H,15,16). The van der Waals surface area contributed by atoms with Crippen LogP contribution in [0.15, 0.2) is 23.0 Å². The van der Waals surface area contributed by atoms with Crippen molar-refractivity contribution >= 4 is 40.1 Å². The lowest BCUT2D eigenvalue weighted by Crippen LogP contribution is -2.12. The fourth-order valence-corrected chi connectivity index (χ4v) is 1.89. The van der Waals surface area contributed by atoms with Crippen molar-refractivity contribution in [2.75, 3.05) is 6.61 Å². The number of esters is 1. The van der Waals surface area contributed by atoms with Crippen LogP contribution in [0.25, 0.3) is 10.9 Å². The molecule has 4 nitrogen and oxygen atoms in total. The Kier molecular flexibility index (Phi) is 3.59. The van der Waals surface area contributed by atoms with Gasteiger partial charge >= 0.3 is 5.97 Å². The van der Waals surface area contributed by atoms with Crippen molar-refractivity contribution in [3.63, 3.8) is 0 Å². The molecule has 0 fully saturated rings. The minimum Gasteiger partial charge on any atom is -0.461 e. The van der Waals surface area contributed by atoms with E-state index in [2.05, 4.69) is 4.98 Å². The van der Waals surface area contributed by atoms with Gasteiger partial charge in [-0.05, 0) is 19.1 Å². The SMILES string of the molecule is CCOC(=O)c1cc(=O)c2cc(Cl)c(Cl)cc2[nH]1. The summed E-state index contributed by atoms with van der Waals surface area (Å²) in [5, 5.41) is 0.969. The topological polar surface area (TPSA) is 59.2 Å². The minimum atomic E-state index is -0.581. The monoisotopic (exact) mass is 285 g/mol. The van der Waals surface area contributed by atoms with Crippen LogP contribution in [0.5, 0.6) is 0 Å². The smallest absolute Gasteiger partial charge is 0.354 e. The molecule has 0 saturated heterocycles. The molecule has 0 bridgehead atoms. The molecule has 18 heavy (non-hydrogen) atoms. The Balaban J connectivity index is 2.65. The Morgan fingerprint density at radius 2 is 1.94 bits per heavy atom. The van der Waals surface area contributed by atoms with E-state index in [1.54, 1.807) is 6.92 Å². The van der Waals surface area contributed by atoms with E-state index >= 15 is 0 Å². The van der Waals surface area contributed by atoms with Crippen molar-refractivity contribution in [3.05, 3.63) is 44.2 Å². The summed E-state index contributed by atoms with van der Waals surface area (Å²) in [5.74, 6) is -0.581. The molecule has 0 aliphatic rings. The quantitative estimate of drug-likeness (QED) is 0.863. The van der Waals surface area contributed by atoms with Crippen molar-refractivity contribution in [1.82, 2.24) is 4.98 Å². The normalized spacial score (nSPS) is 10.6. The highest BCUT2D eigenvalue weighted by Crippen LogP contribution is 2.25. The van der Waals surface area contributed by atoms with Crippen LogP contribution < -0.4 is 5.43 Å². The maximum Gasteiger partial charge on any atom is 0.354 e. The van der Waals surface area contributed by atoms with E-state index in [9.17, 15) is 9.59 Å².